The smallest absolute Gasteiger partial charge is 0.335 e. The Morgan fingerprint density at radius 1 is 1.15 bits per heavy atom. The van der Waals surface area contributed by atoms with Gasteiger partial charge in [0.05, 0.1) is 27.5 Å². The highest BCUT2D eigenvalue weighted by atomic mass is 35.5. The van der Waals surface area contributed by atoms with Gasteiger partial charge in [-0.25, -0.2) is 4.79 Å². The van der Waals surface area contributed by atoms with E-state index in [0.717, 1.165) is 0 Å². The van der Waals surface area contributed by atoms with Gasteiger partial charge in [-0.2, -0.15) is 5.10 Å². The molecule has 0 aromatic heterocycles. The molecule has 20 heavy (non-hydrogen) atoms. The van der Waals surface area contributed by atoms with Crippen LogP contribution in [0.5, 0.6) is 0 Å². The first-order valence-corrected chi connectivity index (χ1v) is 6.40. The van der Waals surface area contributed by atoms with Crippen molar-refractivity contribution < 1.29 is 9.90 Å². The molecule has 6 heteroatoms. The van der Waals surface area contributed by atoms with Crippen molar-refractivity contribution in [2.75, 3.05) is 5.43 Å². The van der Waals surface area contributed by atoms with Crippen LogP contribution >= 0.6 is 23.2 Å². The average Bonchev–Trinajstić information content (AvgIpc) is 2.42. The Bertz CT molecular complexity index is 652. The van der Waals surface area contributed by atoms with Crippen LogP contribution in [0.2, 0.25) is 10.0 Å². The largest absolute Gasteiger partial charge is 0.478 e. The van der Waals surface area contributed by atoms with Crippen LogP contribution in [0.4, 0.5) is 5.69 Å². The van der Waals surface area contributed by atoms with Gasteiger partial charge in [0.25, 0.3) is 0 Å². The molecular weight excluding hydrogens is 299 g/mol. The van der Waals surface area contributed by atoms with E-state index in [1.807, 2.05) is 0 Å². The number of nitrogens with one attached hydrogen (secondary N) is 1. The Hall–Kier alpha value is -2.04. The van der Waals surface area contributed by atoms with Crippen molar-refractivity contribution in [1.82, 2.24) is 0 Å². The first kappa shape index (κ1) is 14.4. The van der Waals surface area contributed by atoms with Crippen molar-refractivity contribution in [2.24, 2.45) is 5.10 Å². The monoisotopic (exact) mass is 308 g/mol. The number of anilines is 1. The van der Waals surface area contributed by atoms with Crippen LogP contribution in [-0.2, 0) is 0 Å². The molecule has 0 amide bonds. The Kier molecular flexibility index (Phi) is 4.61. The zero-order valence-electron chi connectivity index (χ0n) is 10.2. The molecule has 0 saturated carbocycles. The average molecular weight is 309 g/mol. The van der Waals surface area contributed by atoms with Gasteiger partial charge < -0.3 is 5.11 Å². The third-order valence-electron chi connectivity index (χ3n) is 2.50. The molecule has 0 aliphatic carbocycles. The predicted octanol–water partition coefficient (Wildman–Crippen LogP) is 4.14. The van der Waals surface area contributed by atoms with E-state index >= 15 is 0 Å². The zero-order chi connectivity index (χ0) is 14.5. The number of hydrogen-bond acceptors (Lipinski definition) is 3. The van der Waals surface area contributed by atoms with Crippen LogP contribution < -0.4 is 5.43 Å². The number of benzene rings is 2. The summed E-state index contributed by atoms with van der Waals surface area (Å²) in [6.45, 7) is 0. The van der Waals surface area contributed by atoms with E-state index in [4.69, 9.17) is 28.3 Å². The summed E-state index contributed by atoms with van der Waals surface area (Å²) in [6.07, 6.45) is 1.48. The van der Waals surface area contributed by atoms with Crippen LogP contribution in [0.25, 0.3) is 0 Å². The fourth-order valence-electron chi connectivity index (χ4n) is 1.53. The van der Waals surface area contributed by atoms with Gasteiger partial charge in [-0.1, -0.05) is 35.3 Å². The lowest BCUT2D eigenvalue weighted by Crippen LogP contribution is -1.98. The topological polar surface area (TPSA) is 61.7 Å². The molecule has 2 aromatic rings. The van der Waals surface area contributed by atoms with E-state index in [2.05, 4.69) is 10.5 Å². The molecule has 0 atom stereocenters. The molecule has 0 aliphatic rings. The molecule has 0 saturated heterocycles. The number of carboxylic acid groups (broad SMARTS) is 1. The first-order chi connectivity index (χ1) is 9.58. The summed E-state index contributed by atoms with van der Waals surface area (Å²) in [7, 11) is 0. The maximum atomic E-state index is 10.8. The van der Waals surface area contributed by atoms with Gasteiger partial charge in [0, 0.05) is 5.56 Å². The summed E-state index contributed by atoms with van der Waals surface area (Å²) < 4.78 is 0. The number of nitrogens with zero attached hydrogens (tertiary/aromatic N) is 1. The molecule has 2 N–H and O–H groups in total. The van der Waals surface area contributed by atoms with E-state index in [9.17, 15) is 4.79 Å². The minimum absolute atomic E-state index is 0.181. The third-order valence-corrected chi connectivity index (χ3v) is 3.16. The standard InChI is InChI=1S/C14H10Cl2N2O2/c15-12-5-2-6-13(16)11(12)8-17-18-10-4-1-3-9(7-10)14(19)20/h1-8,18H,(H,19,20). The lowest BCUT2D eigenvalue weighted by Gasteiger charge is -2.03. The second-order valence-corrected chi connectivity index (χ2v) is 4.71. The van der Waals surface area contributed by atoms with Gasteiger partial charge in [0.2, 0.25) is 0 Å². The minimum atomic E-state index is -0.994. The van der Waals surface area contributed by atoms with Crippen LogP contribution in [0.1, 0.15) is 15.9 Å². The summed E-state index contributed by atoms with van der Waals surface area (Å²) in [5.74, 6) is -0.994. The molecule has 102 valence electrons. The molecular formula is C14H10Cl2N2O2. The van der Waals surface area contributed by atoms with E-state index in [1.54, 1.807) is 30.3 Å². The molecule has 0 radical (unpaired) electrons. The molecule has 2 aromatic carbocycles. The Labute approximate surface area is 125 Å². The van der Waals surface area contributed by atoms with Gasteiger partial charge in [0.15, 0.2) is 0 Å². The maximum Gasteiger partial charge on any atom is 0.335 e. The SMILES string of the molecule is O=C(O)c1cccc(NN=Cc2c(Cl)cccc2Cl)c1. The fourth-order valence-corrected chi connectivity index (χ4v) is 2.02. The van der Waals surface area contributed by atoms with Gasteiger partial charge in [-0.15, -0.1) is 0 Å². The van der Waals surface area contributed by atoms with Crippen LogP contribution in [-0.4, -0.2) is 17.3 Å². The van der Waals surface area contributed by atoms with Crippen LogP contribution in [0, 0.1) is 0 Å². The molecule has 0 unspecified atom stereocenters. The van der Waals surface area contributed by atoms with Crippen molar-refractivity contribution in [3.63, 3.8) is 0 Å². The summed E-state index contributed by atoms with van der Waals surface area (Å²) in [5.41, 5.74) is 4.07. The van der Waals surface area contributed by atoms with E-state index < -0.39 is 5.97 Å². The Morgan fingerprint density at radius 2 is 1.80 bits per heavy atom. The number of carbonyl (C=O) groups is 1. The van der Waals surface area contributed by atoms with Gasteiger partial charge in [-0.3, -0.25) is 5.43 Å². The fraction of sp³-hybridized carbons (Fsp3) is 0. The molecule has 0 heterocycles. The maximum absolute atomic E-state index is 10.8. The molecule has 2 rings (SSSR count). The lowest BCUT2D eigenvalue weighted by molar-refractivity contribution is 0.0697. The van der Waals surface area contributed by atoms with E-state index in [-0.39, 0.29) is 5.56 Å². The van der Waals surface area contributed by atoms with E-state index in [0.29, 0.717) is 21.3 Å². The summed E-state index contributed by atoms with van der Waals surface area (Å²) >= 11 is 12.0. The van der Waals surface area contributed by atoms with Crippen molar-refractivity contribution in [3.8, 4) is 0 Å². The molecule has 0 spiro atoms. The second-order valence-electron chi connectivity index (χ2n) is 3.89. The third kappa shape index (κ3) is 3.50. The van der Waals surface area contributed by atoms with Crippen molar-refractivity contribution in [3.05, 3.63) is 63.6 Å². The van der Waals surface area contributed by atoms with Gasteiger partial charge in [0.1, 0.15) is 0 Å². The Balaban J connectivity index is 2.14. The van der Waals surface area contributed by atoms with Gasteiger partial charge in [-0.05, 0) is 30.3 Å². The number of rotatable bonds is 4. The van der Waals surface area contributed by atoms with Crippen molar-refractivity contribution >= 4 is 41.1 Å². The highest BCUT2D eigenvalue weighted by Crippen LogP contribution is 2.22. The number of carboxylic acids is 1. The summed E-state index contributed by atoms with van der Waals surface area (Å²) in [5, 5.41) is 13.9. The number of hydrogen-bond donors (Lipinski definition) is 2. The van der Waals surface area contributed by atoms with Crippen LogP contribution in [0.3, 0.4) is 0 Å². The minimum Gasteiger partial charge on any atom is -0.478 e. The predicted molar refractivity (Wildman–Crippen MR) is 81.1 cm³/mol. The molecule has 0 aliphatic heterocycles. The molecule has 0 bridgehead atoms. The number of halogens is 2. The number of hydrazone groups is 1. The molecule has 0 fully saturated rings. The quantitative estimate of drug-likeness (QED) is 0.659. The highest BCUT2D eigenvalue weighted by Gasteiger charge is 2.03. The normalized spacial score (nSPS) is 10.7. The van der Waals surface area contributed by atoms with Gasteiger partial charge >= 0.3 is 5.97 Å². The second kappa shape index (κ2) is 6.41. The Morgan fingerprint density at radius 3 is 2.45 bits per heavy atom. The molecule has 4 nitrogen and oxygen atoms in total. The highest BCUT2D eigenvalue weighted by molar-refractivity contribution is 6.38. The lowest BCUT2D eigenvalue weighted by atomic mass is 10.2. The summed E-state index contributed by atoms with van der Waals surface area (Å²) in [4.78, 5) is 10.8. The number of aromatic carboxylic acids is 1. The van der Waals surface area contributed by atoms with Crippen molar-refractivity contribution in [2.45, 2.75) is 0 Å². The van der Waals surface area contributed by atoms with E-state index in [1.165, 1.54) is 18.3 Å². The zero-order valence-corrected chi connectivity index (χ0v) is 11.7. The van der Waals surface area contributed by atoms with Crippen LogP contribution in [0.15, 0.2) is 47.6 Å². The first-order valence-electron chi connectivity index (χ1n) is 5.64. The van der Waals surface area contributed by atoms with Crippen molar-refractivity contribution in [1.29, 1.82) is 0 Å². The summed E-state index contributed by atoms with van der Waals surface area (Å²) in [6, 6.07) is 11.5.